The lowest BCUT2D eigenvalue weighted by Crippen LogP contribution is -2.24. The molecular formula is C11H11BrCl2O2. The van der Waals surface area contributed by atoms with Gasteiger partial charge in [0.05, 0.1) is 23.6 Å². The van der Waals surface area contributed by atoms with Crippen molar-refractivity contribution in [1.29, 1.82) is 0 Å². The number of ether oxygens (including phenoxy) is 2. The molecule has 0 N–H and O–H groups in total. The molecule has 88 valence electrons. The molecule has 2 rings (SSSR count). The van der Waals surface area contributed by atoms with Crippen molar-refractivity contribution in [2.45, 2.75) is 18.8 Å². The van der Waals surface area contributed by atoms with Crippen LogP contribution in [-0.4, -0.2) is 18.6 Å². The highest BCUT2D eigenvalue weighted by atomic mass is 79.9. The molecule has 5 heteroatoms. The lowest BCUT2D eigenvalue weighted by atomic mass is 10.1. The van der Waals surface area contributed by atoms with E-state index in [0.717, 1.165) is 10.0 Å². The van der Waals surface area contributed by atoms with Crippen molar-refractivity contribution in [2.24, 2.45) is 0 Å². The second-order valence-electron chi connectivity index (χ2n) is 3.78. The Hall–Kier alpha value is 0.200. The fraction of sp³-hybridized carbons (Fsp3) is 0.455. The first kappa shape index (κ1) is 12.7. The summed E-state index contributed by atoms with van der Waals surface area (Å²) in [4.78, 5) is 0. The van der Waals surface area contributed by atoms with E-state index in [1.165, 1.54) is 0 Å². The van der Waals surface area contributed by atoms with Crippen molar-refractivity contribution in [3.63, 3.8) is 0 Å². The number of alkyl halides is 1. The summed E-state index contributed by atoms with van der Waals surface area (Å²) in [7, 11) is 0. The first-order chi connectivity index (χ1) is 7.55. The van der Waals surface area contributed by atoms with E-state index in [9.17, 15) is 0 Å². The molecule has 0 radical (unpaired) electrons. The van der Waals surface area contributed by atoms with Crippen LogP contribution in [0.1, 0.15) is 12.5 Å². The Balaban J connectivity index is 2.30. The van der Waals surface area contributed by atoms with Gasteiger partial charge in [-0.15, -0.1) is 11.6 Å². The van der Waals surface area contributed by atoms with E-state index in [2.05, 4.69) is 15.9 Å². The molecule has 0 spiro atoms. The van der Waals surface area contributed by atoms with Crippen molar-refractivity contribution in [3.8, 4) is 0 Å². The maximum absolute atomic E-state index is 6.17. The van der Waals surface area contributed by atoms with Gasteiger partial charge in [0.25, 0.3) is 0 Å². The van der Waals surface area contributed by atoms with Gasteiger partial charge in [-0.05, 0) is 19.1 Å². The molecule has 1 aliphatic heterocycles. The molecule has 1 aromatic carbocycles. The van der Waals surface area contributed by atoms with E-state index >= 15 is 0 Å². The first-order valence-corrected chi connectivity index (χ1v) is 6.59. The third-order valence-corrected chi connectivity index (χ3v) is 3.68. The third kappa shape index (κ3) is 2.39. The lowest BCUT2D eigenvalue weighted by molar-refractivity contribution is -0.159. The smallest absolute Gasteiger partial charge is 0.193 e. The zero-order valence-electron chi connectivity index (χ0n) is 8.67. The van der Waals surface area contributed by atoms with Crippen molar-refractivity contribution >= 4 is 39.1 Å². The number of benzene rings is 1. The molecule has 2 unspecified atom stereocenters. The zero-order chi connectivity index (χ0) is 11.8. The Labute approximate surface area is 113 Å². The summed E-state index contributed by atoms with van der Waals surface area (Å²) in [6.45, 7) is 2.35. The Bertz CT molecular complexity index is 400. The SMILES string of the molecule is CC1(c2ccc(Br)cc2Cl)OCC(CCl)O1. The van der Waals surface area contributed by atoms with E-state index in [1.807, 2.05) is 25.1 Å². The molecule has 0 bridgehead atoms. The molecule has 0 amide bonds. The van der Waals surface area contributed by atoms with Gasteiger partial charge >= 0.3 is 0 Å². The summed E-state index contributed by atoms with van der Waals surface area (Å²) in [5.74, 6) is -0.374. The van der Waals surface area contributed by atoms with Gasteiger partial charge in [-0.1, -0.05) is 33.6 Å². The van der Waals surface area contributed by atoms with Crippen molar-refractivity contribution in [3.05, 3.63) is 33.3 Å². The Morgan fingerprint density at radius 3 is 2.88 bits per heavy atom. The van der Waals surface area contributed by atoms with Crippen LogP contribution in [0.15, 0.2) is 22.7 Å². The Morgan fingerprint density at radius 2 is 2.31 bits per heavy atom. The minimum absolute atomic E-state index is 0.0774. The van der Waals surface area contributed by atoms with Gasteiger partial charge in [0.15, 0.2) is 5.79 Å². The molecule has 1 aliphatic rings. The molecule has 0 aromatic heterocycles. The molecule has 1 aromatic rings. The van der Waals surface area contributed by atoms with Crippen molar-refractivity contribution in [2.75, 3.05) is 12.5 Å². The average Bonchev–Trinajstić information content (AvgIpc) is 2.61. The molecule has 1 saturated heterocycles. The van der Waals surface area contributed by atoms with E-state index in [4.69, 9.17) is 32.7 Å². The van der Waals surface area contributed by atoms with Crippen LogP contribution in [-0.2, 0) is 15.3 Å². The molecule has 1 heterocycles. The minimum atomic E-state index is -0.794. The van der Waals surface area contributed by atoms with Crippen LogP contribution in [0.2, 0.25) is 5.02 Å². The number of rotatable bonds is 2. The topological polar surface area (TPSA) is 18.5 Å². The van der Waals surface area contributed by atoms with Crippen LogP contribution in [0.4, 0.5) is 0 Å². The highest BCUT2D eigenvalue weighted by Crippen LogP contribution is 2.38. The van der Waals surface area contributed by atoms with E-state index in [0.29, 0.717) is 17.5 Å². The highest BCUT2D eigenvalue weighted by molar-refractivity contribution is 9.10. The minimum Gasteiger partial charge on any atom is -0.343 e. The van der Waals surface area contributed by atoms with Crippen molar-refractivity contribution < 1.29 is 9.47 Å². The summed E-state index contributed by atoms with van der Waals surface area (Å²) in [6, 6.07) is 5.62. The summed E-state index contributed by atoms with van der Waals surface area (Å²) >= 11 is 15.3. The first-order valence-electron chi connectivity index (χ1n) is 4.88. The summed E-state index contributed by atoms with van der Waals surface area (Å²) < 4.78 is 12.3. The summed E-state index contributed by atoms with van der Waals surface area (Å²) in [5, 5.41) is 0.618. The molecule has 0 aliphatic carbocycles. The van der Waals surface area contributed by atoms with Gasteiger partial charge in [0.2, 0.25) is 0 Å². The van der Waals surface area contributed by atoms with Crippen LogP contribution >= 0.6 is 39.1 Å². The monoisotopic (exact) mass is 324 g/mol. The number of halogens is 3. The predicted molar refractivity (Wildman–Crippen MR) is 68.0 cm³/mol. The third-order valence-electron chi connectivity index (χ3n) is 2.53. The number of hydrogen-bond donors (Lipinski definition) is 0. The number of hydrogen-bond acceptors (Lipinski definition) is 2. The van der Waals surface area contributed by atoms with Crippen LogP contribution in [0.3, 0.4) is 0 Å². The van der Waals surface area contributed by atoms with Crippen LogP contribution < -0.4 is 0 Å². The summed E-state index contributed by atoms with van der Waals surface area (Å²) in [5.41, 5.74) is 0.824. The second kappa shape index (κ2) is 4.83. The van der Waals surface area contributed by atoms with Gasteiger partial charge in [0.1, 0.15) is 0 Å². The predicted octanol–water partition coefficient (Wildman–Crippen LogP) is 3.93. The average molecular weight is 326 g/mol. The van der Waals surface area contributed by atoms with Crippen molar-refractivity contribution in [1.82, 2.24) is 0 Å². The molecule has 16 heavy (non-hydrogen) atoms. The van der Waals surface area contributed by atoms with E-state index < -0.39 is 5.79 Å². The van der Waals surface area contributed by atoms with Crippen LogP contribution in [0.25, 0.3) is 0 Å². The molecule has 2 atom stereocenters. The molecule has 2 nitrogen and oxygen atoms in total. The van der Waals surface area contributed by atoms with Gasteiger partial charge in [-0.2, -0.15) is 0 Å². The highest BCUT2D eigenvalue weighted by Gasteiger charge is 2.39. The second-order valence-corrected chi connectivity index (χ2v) is 5.41. The van der Waals surface area contributed by atoms with Gasteiger partial charge < -0.3 is 9.47 Å². The molecule has 1 fully saturated rings. The van der Waals surface area contributed by atoms with Gasteiger partial charge in [-0.25, -0.2) is 0 Å². The largest absolute Gasteiger partial charge is 0.343 e. The molecule has 0 saturated carbocycles. The summed E-state index contributed by atoms with van der Waals surface area (Å²) in [6.07, 6.45) is -0.0774. The standard InChI is InChI=1S/C11H11BrCl2O2/c1-11(15-6-8(5-13)16-11)9-3-2-7(12)4-10(9)14/h2-4,8H,5-6H2,1H3. The fourth-order valence-corrected chi connectivity index (χ4v) is 2.71. The normalized spacial score (nSPS) is 29.6. The quantitative estimate of drug-likeness (QED) is 0.767. The Kier molecular flexibility index (Phi) is 3.82. The zero-order valence-corrected chi connectivity index (χ0v) is 11.8. The van der Waals surface area contributed by atoms with Gasteiger partial charge in [0, 0.05) is 10.0 Å². The van der Waals surface area contributed by atoms with Crippen LogP contribution in [0.5, 0.6) is 0 Å². The van der Waals surface area contributed by atoms with E-state index in [1.54, 1.807) is 0 Å². The lowest BCUT2D eigenvalue weighted by Gasteiger charge is -2.24. The maximum Gasteiger partial charge on any atom is 0.193 e. The van der Waals surface area contributed by atoms with Gasteiger partial charge in [-0.3, -0.25) is 0 Å². The molecular weight excluding hydrogens is 315 g/mol. The Morgan fingerprint density at radius 1 is 1.56 bits per heavy atom. The maximum atomic E-state index is 6.17. The van der Waals surface area contributed by atoms with Crippen LogP contribution in [0, 0.1) is 0 Å². The van der Waals surface area contributed by atoms with E-state index in [-0.39, 0.29) is 6.10 Å². The fourth-order valence-electron chi connectivity index (χ4n) is 1.71.